The van der Waals surface area contributed by atoms with Gasteiger partial charge in [-0.3, -0.25) is 4.79 Å². The van der Waals surface area contributed by atoms with E-state index in [1.807, 2.05) is 0 Å². The Hall–Kier alpha value is -2.11. The van der Waals surface area contributed by atoms with Crippen molar-refractivity contribution in [3.63, 3.8) is 0 Å². The van der Waals surface area contributed by atoms with Crippen LogP contribution in [0.4, 0.5) is 0 Å². The molecule has 9 heteroatoms. The van der Waals surface area contributed by atoms with Crippen LogP contribution in [0.1, 0.15) is 194 Å². The number of amides is 1. The molecule has 59 heavy (non-hydrogen) atoms. The van der Waals surface area contributed by atoms with Gasteiger partial charge >= 0.3 is 0 Å². The molecule has 6 N–H and O–H groups in total. The first-order valence-corrected chi connectivity index (χ1v) is 24.0. The van der Waals surface area contributed by atoms with Gasteiger partial charge in [0.15, 0.2) is 6.29 Å². The average Bonchev–Trinajstić information content (AvgIpc) is 3.23. The Balaban J connectivity index is 2.06. The Morgan fingerprint density at radius 2 is 1.05 bits per heavy atom. The number of aliphatic hydroxyl groups is 5. The molecule has 1 aliphatic heterocycles. The highest BCUT2D eigenvalue weighted by Crippen LogP contribution is 2.23. The molecule has 0 aliphatic carbocycles. The van der Waals surface area contributed by atoms with Crippen molar-refractivity contribution in [2.75, 3.05) is 13.2 Å². The third-order valence-corrected chi connectivity index (χ3v) is 11.1. The van der Waals surface area contributed by atoms with Gasteiger partial charge < -0.3 is 40.3 Å². The normalized spacial score (nSPS) is 21.2. The standard InChI is InChI=1S/C50H89NO8/c1-3-5-7-9-10-11-12-13-14-15-16-17-18-19-20-21-22-23-24-25-26-27-28-29-30-31-32-33-34-36-38-40-46(54)51-43(44(53)39-37-35-8-6-4-2)42-58-50-49(57)48(56)47(55)45(41-52)59-50/h5,7,10-11,13-14,16-17,19-20,43-45,47-50,52-53,55-57H,3-4,6,8-9,12,15,18,21-42H2,1-2H3,(H,51,54)/b7-5-,11-10-,14-13-,17-16-,20-19-. The smallest absolute Gasteiger partial charge is 0.220 e. The van der Waals surface area contributed by atoms with Crippen LogP contribution in [0.25, 0.3) is 0 Å². The molecule has 342 valence electrons. The van der Waals surface area contributed by atoms with E-state index in [4.69, 9.17) is 9.47 Å². The predicted octanol–water partition coefficient (Wildman–Crippen LogP) is 10.4. The number of hydrogen-bond acceptors (Lipinski definition) is 8. The Morgan fingerprint density at radius 3 is 1.56 bits per heavy atom. The van der Waals surface area contributed by atoms with Gasteiger partial charge in [0, 0.05) is 6.42 Å². The number of aliphatic hydroxyl groups excluding tert-OH is 5. The number of nitrogens with one attached hydrogen (secondary N) is 1. The lowest BCUT2D eigenvalue weighted by molar-refractivity contribution is -0.302. The van der Waals surface area contributed by atoms with E-state index < -0.39 is 49.5 Å². The molecule has 0 aromatic rings. The van der Waals surface area contributed by atoms with Crippen LogP contribution < -0.4 is 5.32 Å². The molecule has 0 spiro atoms. The summed E-state index contributed by atoms with van der Waals surface area (Å²) in [7, 11) is 0. The first-order valence-electron chi connectivity index (χ1n) is 24.0. The Morgan fingerprint density at radius 1 is 0.593 bits per heavy atom. The van der Waals surface area contributed by atoms with Crippen molar-refractivity contribution in [2.45, 2.75) is 236 Å². The maximum absolute atomic E-state index is 12.9. The van der Waals surface area contributed by atoms with E-state index in [-0.39, 0.29) is 12.5 Å². The van der Waals surface area contributed by atoms with Gasteiger partial charge in [-0.1, -0.05) is 190 Å². The van der Waals surface area contributed by atoms with Crippen molar-refractivity contribution in [3.8, 4) is 0 Å². The summed E-state index contributed by atoms with van der Waals surface area (Å²) in [5.74, 6) is -0.154. The monoisotopic (exact) mass is 832 g/mol. The highest BCUT2D eigenvalue weighted by molar-refractivity contribution is 5.76. The molecule has 1 fully saturated rings. The van der Waals surface area contributed by atoms with Crippen LogP contribution in [0.3, 0.4) is 0 Å². The zero-order valence-electron chi connectivity index (χ0n) is 37.5. The summed E-state index contributed by atoms with van der Waals surface area (Å²) in [5.41, 5.74) is 0. The summed E-state index contributed by atoms with van der Waals surface area (Å²) in [6, 6.07) is -0.716. The highest BCUT2D eigenvalue weighted by atomic mass is 16.7. The average molecular weight is 832 g/mol. The highest BCUT2D eigenvalue weighted by Gasteiger charge is 2.44. The van der Waals surface area contributed by atoms with Crippen LogP contribution >= 0.6 is 0 Å². The maximum atomic E-state index is 12.9. The molecule has 0 bridgehead atoms. The molecule has 9 nitrogen and oxygen atoms in total. The molecule has 7 atom stereocenters. The van der Waals surface area contributed by atoms with Gasteiger partial charge in [0.2, 0.25) is 5.91 Å². The minimum atomic E-state index is -1.55. The van der Waals surface area contributed by atoms with Crippen LogP contribution in [-0.2, 0) is 14.3 Å². The quantitative estimate of drug-likeness (QED) is 0.0265. The van der Waals surface area contributed by atoms with Gasteiger partial charge in [-0.15, -0.1) is 0 Å². The molecule has 1 aliphatic rings. The molecule has 1 saturated heterocycles. The lowest BCUT2D eigenvalue weighted by atomic mass is 9.99. The zero-order valence-corrected chi connectivity index (χ0v) is 37.5. The van der Waals surface area contributed by atoms with Gasteiger partial charge in [0.25, 0.3) is 0 Å². The van der Waals surface area contributed by atoms with Gasteiger partial charge in [0.05, 0.1) is 25.4 Å². The topological polar surface area (TPSA) is 149 Å². The van der Waals surface area contributed by atoms with Crippen LogP contribution in [0.5, 0.6) is 0 Å². The number of rotatable bonds is 39. The van der Waals surface area contributed by atoms with E-state index in [1.165, 1.54) is 83.5 Å². The van der Waals surface area contributed by atoms with Crippen molar-refractivity contribution in [1.82, 2.24) is 5.32 Å². The number of carbonyl (C=O) groups excluding carboxylic acids is 1. The summed E-state index contributed by atoms with van der Waals surface area (Å²) in [4.78, 5) is 12.9. The lowest BCUT2D eigenvalue weighted by Crippen LogP contribution is -2.60. The third kappa shape index (κ3) is 30.6. The molecule has 0 radical (unpaired) electrons. The summed E-state index contributed by atoms with van der Waals surface area (Å²) in [6.45, 7) is 3.62. The van der Waals surface area contributed by atoms with E-state index in [0.717, 1.165) is 83.5 Å². The largest absolute Gasteiger partial charge is 0.394 e. The fourth-order valence-corrected chi connectivity index (χ4v) is 7.30. The number of hydrogen-bond donors (Lipinski definition) is 6. The van der Waals surface area contributed by atoms with Crippen molar-refractivity contribution >= 4 is 5.91 Å². The molecular formula is C50H89NO8. The second-order valence-corrected chi connectivity index (χ2v) is 16.5. The van der Waals surface area contributed by atoms with E-state index >= 15 is 0 Å². The van der Waals surface area contributed by atoms with Crippen molar-refractivity contribution in [3.05, 3.63) is 60.8 Å². The second kappa shape index (κ2) is 40.0. The molecule has 0 saturated carbocycles. The summed E-state index contributed by atoms with van der Waals surface area (Å²) in [6.07, 6.45) is 45.8. The minimum Gasteiger partial charge on any atom is -0.394 e. The first-order chi connectivity index (χ1) is 28.8. The molecule has 7 unspecified atom stereocenters. The Kier molecular flexibility index (Phi) is 37.2. The number of allylic oxidation sites excluding steroid dienone is 10. The first kappa shape index (κ1) is 54.9. The van der Waals surface area contributed by atoms with Crippen molar-refractivity contribution in [1.29, 1.82) is 0 Å². The van der Waals surface area contributed by atoms with Crippen LogP contribution in [0.2, 0.25) is 0 Å². The number of ether oxygens (including phenoxy) is 2. The van der Waals surface area contributed by atoms with Crippen molar-refractivity contribution in [2.24, 2.45) is 0 Å². The SMILES string of the molecule is CC/C=C\C/C=C\C/C=C\C/C=C\C/C=C\CCCCCCCCCCCCCCCCCC(=O)NC(COC1OC(CO)C(O)C(O)C1O)C(O)CCCCCCC. The fourth-order valence-electron chi connectivity index (χ4n) is 7.30. The van der Waals surface area contributed by atoms with Gasteiger partial charge in [-0.25, -0.2) is 0 Å². The van der Waals surface area contributed by atoms with Gasteiger partial charge in [0.1, 0.15) is 24.4 Å². The van der Waals surface area contributed by atoms with E-state index in [2.05, 4.69) is 79.9 Å². The summed E-state index contributed by atoms with van der Waals surface area (Å²) in [5, 5.41) is 53.9. The maximum Gasteiger partial charge on any atom is 0.220 e. The van der Waals surface area contributed by atoms with Crippen LogP contribution in [-0.4, -0.2) is 87.5 Å². The third-order valence-electron chi connectivity index (χ3n) is 11.1. The number of carbonyl (C=O) groups is 1. The Bertz CT molecular complexity index is 1100. The van der Waals surface area contributed by atoms with E-state index in [9.17, 15) is 30.3 Å². The molecule has 0 aromatic carbocycles. The zero-order chi connectivity index (χ0) is 43.0. The molecule has 1 heterocycles. The van der Waals surface area contributed by atoms with Crippen molar-refractivity contribution < 1.29 is 39.8 Å². The second-order valence-electron chi connectivity index (χ2n) is 16.5. The molecule has 1 amide bonds. The van der Waals surface area contributed by atoms with Crippen LogP contribution in [0, 0.1) is 0 Å². The fraction of sp³-hybridized carbons (Fsp3) is 0.780. The van der Waals surface area contributed by atoms with Crippen LogP contribution in [0.15, 0.2) is 60.8 Å². The lowest BCUT2D eigenvalue weighted by Gasteiger charge is -2.40. The molecule has 0 aromatic heterocycles. The summed E-state index contributed by atoms with van der Waals surface area (Å²) < 4.78 is 11.2. The molecular weight excluding hydrogens is 743 g/mol. The molecule has 1 rings (SSSR count). The summed E-state index contributed by atoms with van der Waals surface area (Å²) >= 11 is 0. The Labute approximate surface area is 360 Å². The number of unbranched alkanes of at least 4 members (excludes halogenated alkanes) is 19. The van der Waals surface area contributed by atoms with E-state index in [0.29, 0.717) is 12.8 Å². The predicted molar refractivity (Wildman–Crippen MR) is 244 cm³/mol. The van der Waals surface area contributed by atoms with Gasteiger partial charge in [-0.05, 0) is 57.8 Å². The van der Waals surface area contributed by atoms with E-state index in [1.54, 1.807) is 0 Å². The van der Waals surface area contributed by atoms with Gasteiger partial charge in [-0.2, -0.15) is 0 Å². The minimum absolute atomic E-state index is 0.141.